The molecule has 1 amide bonds. The van der Waals surface area contributed by atoms with Crippen LogP contribution in [0.4, 0.5) is 4.39 Å². The molecule has 1 saturated heterocycles. The largest absolute Gasteiger partial charge is 0.494 e. The van der Waals surface area contributed by atoms with Crippen molar-refractivity contribution in [3.05, 3.63) is 29.6 Å². The SMILES string of the molecule is COc1ccc(CN2C[C@H]3C[C@@H](NC(C)=O)[C@H](OC)C[C@H]3C2)cc1F. The minimum absolute atomic E-state index is 0.00550. The number of likely N-dealkylation sites (tertiary alicyclic amines) is 1. The quantitative estimate of drug-likeness (QED) is 0.885. The van der Waals surface area contributed by atoms with E-state index in [1.807, 2.05) is 6.07 Å². The van der Waals surface area contributed by atoms with E-state index in [-0.39, 0.29) is 29.6 Å². The van der Waals surface area contributed by atoms with Crippen LogP contribution in [0.3, 0.4) is 0 Å². The standard InChI is InChI=1S/C19H27FN2O3/c1-12(23)21-17-7-14-10-22(11-15(14)8-19(17)25-3)9-13-4-5-18(24-2)16(20)6-13/h4-6,14-15,17,19H,7-11H2,1-3H3,(H,21,23)/t14-,15+,17-,19-/m1/s1. The van der Waals surface area contributed by atoms with Gasteiger partial charge in [0.1, 0.15) is 0 Å². The molecule has 1 N–H and O–H groups in total. The second-order valence-corrected chi connectivity index (χ2v) is 7.24. The van der Waals surface area contributed by atoms with Crippen LogP contribution in [0.2, 0.25) is 0 Å². The molecule has 1 aromatic rings. The predicted molar refractivity (Wildman–Crippen MR) is 92.8 cm³/mol. The zero-order valence-electron chi connectivity index (χ0n) is 15.1. The Morgan fingerprint density at radius 1 is 1.28 bits per heavy atom. The normalized spacial score (nSPS) is 29.3. The Labute approximate surface area is 148 Å². The van der Waals surface area contributed by atoms with Crippen molar-refractivity contribution in [3.8, 4) is 5.75 Å². The van der Waals surface area contributed by atoms with E-state index in [2.05, 4.69) is 10.2 Å². The van der Waals surface area contributed by atoms with E-state index in [1.165, 1.54) is 7.11 Å². The molecule has 1 heterocycles. The van der Waals surface area contributed by atoms with Gasteiger partial charge in [0, 0.05) is 33.7 Å². The first-order chi connectivity index (χ1) is 12.0. The molecule has 0 bridgehead atoms. The van der Waals surface area contributed by atoms with Crippen molar-refractivity contribution in [1.82, 2.24) is 10.2 Å². The zero-order valence-corrected chi connectivity index (χ0v) is 15.1. The summed E-state index contributed by atoms with van der Waals surface area (Å²) in [6.07, 6.45) is 1.97. The molecule has 4 atom stereocenters. The van der Waals surface area contributed by atoms with Crippen LogP contribution in [0.25, 0.3) is 0 Å². The summed E-state index contributed by atoms with van der Waals surface area (Å²) in [6, 6.07) is 5.24. The van der Waals surface area contributed by atoms with Crippen molar-refractivity contribution in [3.63, 3.8) is 0 Å². The van der Waals surface area contributed by atoms with E-state index in [0.29, 0.717) is 11.8 Å². The second-order valence-electron chi connectivity index (χ2n) is 7.24. The molecule has 0 spiro atoms. The van der Waals surface area contributed by atoms with Gasteiger partial charge in [0.05, 0.1) is 19.3 Å². The molecular weight excluding hydrogens is 323 g/mol. The van der Waals surface area contributed by atoms with Crippen LogP contribution < -0.4 is 10.1 Å². The third-order valence-corrected chi connectivity index (χ3v) is 5.51. The number of carbonyl (C=O) groups excluding carboxylic acids is 1. The Bertz CT molecular complexity index is 625. The molecule has 1 aliphatic carbocycles. The number of carbonyl (C=O) groups is 1. The van der Waals surface area contributed by atoms with Gasteiger partial charge in [-0.2, -0.15) is 0 Å². The number of hydrogen-bond donors (Lipinski definition) is 1. The summed E-state index contributed by atoms with van der Waals surface area (Å²) in [6.45, 7) is 4.25. The number of halogens is 1. The van der Waals surface area contributed by atoms with Crippen LogP contribution in [0.15, 0.2) is 18.2 Å². The minimum atomic E-state index is -0.318. The van der Waals surface area contributed by atoms with E-state index in [4.69, 9.17) is 9.47 Å². The van der Waals surface area contributed by atoms with Crippen molar-refractivity contribution in [2.24, 2.45) is 11.8 Å². The molecule has 1 aromatic carbocycles. The van der Waals surface area contributed by atoms with Crippen molar-refractivity contribution >= 4 is 5.91 Å². The Balaban J connectivity index is 1.63. The summed E-state index contributed by atoms with van der Waals surface area (Å²) in [5.74, 6) is 1.07. The molecule has 6 heteroatoms. The fourth-order valence-corrected chi connectivity index (χ4v) is 4.38. The fraction of sp³-hybridized carbons (Fsp3) is 0.632. The van der Waals surface area contributed by atoms with Crippen molar-refractivity contribution in [2.75, 3.05) is 27.3 Å². The van der Waals surface area contributed by atoms with Crippen LogP contribution in [0.1, 0.15) is 25.3 Å². The van der Waals surface area contributed by atoms with Crippen LogP contribution in [0, 0.1) is 17.7 Å². The van der Waals surface area contributed by atoms with Crippen molar-refractivity contribution in [2.45, 2.75) is 38.5 Å². The highest BCUT2D eigenvalue weighted by Gasteiger charge is 2.42. The number of nitrogens with one attached hydrogen (secondary N) is 1. The molecule has 0 aromatic heterocycles. The average molecular weight is 350 g/mol. The van der Waals surface area contributed by atoms with Crippen LogP contribution >= 0.6 is 0 Å². The van der Waals surface area contributed by atoms with Gasteiger partial charge in [-0.05, 0) is 42.4 Å². The smallest absolute Gasteiger partial charge is 0.217 e. The third-order valence-electron chi connectivity index (χ3n) is 5.51. The van der Waals surface area contributed by atoms with E-state index < -0.39 is 0 Å². The Morgan fingerprint density at radius 3 is 2.60 bits per heavy atom. The fourth-order valence-electron chi connectivity index (χ4n) is 4.38. The first-order valence-electron chi connectivity index (χ1n) is 8.84. The lowest BCUT2D eigenvalue weighted by molar-refractivity contribution is -0.121. The highest BCUT2D eigenvalue weighted by atomic mass is 19.1. The predicted octanol–water partition coefficient (Wildman–Crippen LogP) is 2.20. The molecule has 1 saturated carbocycles. The van der Waals surface area contributed by atoms with E-state index in [0.717, 1.165) is 38.0 Å². The number of fused-ring (bicyclic) bond motifs is 1. The van der Waals surface area contributed by atoms with Gasteiger partial charge in [0.25, 0.3) is 0 Å². The number of benzene rings is 1. The Hall–Kier alpha value is -1.66. The molecule has 25 heavy (non-hydrogen) atoms. The molecule has 138 valence electrons. The lowest BCUT2D eigenvalue weighted by atomic mass is 9.77. The number of methoxy groups -OCH3 is 2. The lowest BCUT2D eigenvalue weighted by Crippen LogP contribution is -2.49. The number of amides is 1. The van der Waals surface area contributed by atoms with Gasteiger partial charge in [-0.3, -0.25) is 9.69 Å². The molecule has 1 aliphatic heterocycles. The summed E-state index contributed by atoms with van der Waals surface area (Å²) < 4.78 is 24.5. The maximum atomic E-state index is 13.9. The van der Waals surface area contributed by atoms with Crippen LogP contribution in [0.5, 0.6) is 5.75 Å². The van der Waals surface area contributed by atoms with E-state index in [9.17, 15) is 9.18 Å². The molecule has 0 unspecified atom stereocenters. The van der Waals surface area contributed by atoms with Gasteiger partial charge in [-0.25, -0.2) is 4.39 Å². The van der Waals surface area contributed by atoms with Gasteiger partial charge >= 0.3 is 0 Å². The first-order valence-corrected chi connectivity index (χ1v) is 8.84. The van der Waals surface area contributed by atoms with Gasteiger partial charge in [-0.1, -0.05) is 6.07 Å². The third kappa shape index (κ3) is 4.12. The highest BCUT2D eigenvalue weighted by molar-refractivity contribution is 5.73. The van der Waals surface area contributed by atoms with Crippen LogP contribution in [-0.2, 0) is 16.1 Å². The van der Waals surface area contributed by atoms with Gasteiger partial charge in [0.15, 0.2) is 11.6 Å². The first kappa shape index (κ1) is 18.1. The van der Waals surface area contributed by atoms with Gasteiger partial charge in [0.2, 0.25) is 5.91 Å². The number of hydrogen-bond acceptors (Lipinski definition) is 4. The number of nitrogens with zero attached hydrogens (tertiary/aromatic N) is 1. The number of ether oxygens (including phenoxy) is 2. The summed E-state index contributed by atoms with van der Waals surface area (Å²) >= 11 is 0. The summed E-state index contributed by atoms with van der Waals surface area (Å²) in [5, 5.41) is 3.03. The lowest BCUT2D eigenvalue weighted by Gasteiger charge is -2.37. The monoisotopic (exact) mass is 350 g/mol. The molecule has 5 nitrogen and oxygen atoms in total. The molecule has 0 radical (unpaired) electrons. The van der Waals surface area contributed by atoms with Gasteiger partial charge < -0.3 is 14.8 Å². The number of rotatable bonds is 5. The maximum Gasteiger partial charge on any atom is 0.217 e. The Kier molecular flexibility index (Phi) is 5.59. The summed E-state index contributed by atoms with van der Waals surface area (Å²) in [5.41, 5.74) is 0.957. The molecule has 2 aliphatic rings. The average Bonchev–Trinajstić information content (AvgIpc) is 2.94. The minimum Gasteiger partial charge on any atom is -0.494 e. The van der Waals surface area contributed by atoms with Crippen LogP contribution in [-0.4, -0.2) is 50.3 Å². The molecule has 3 rings (SSSR count). The maximum absolute atomic E-state index is 13.9. The Morgan fingerprint density at radius 2 is 2.00 bits per heavy atom. The summed E-state index contributed by atoms with van der Waals surface area (Å²) in [7, 11) is 3.19. The topological polar surface area (TPSA) is 50.8 Å². The van der Waals surface area contributed by atoms with Crippen molar-refractivity contribution in [1.29, 1.82) is 0 Å². The zero-order chi connectivity index (χ0) is 18.0. The van der Waals surface area contributed by atoms with E-state index >= 15 is 0 Å². The highest BCUT2D eigenvalue weighted by Crippen LogP contribution is 2.38. The van der Waals surface area contributed by atoms with Crippen molar-refractivity contribution < 1.29 is 18.7 Å². The van der Waals surface area contributed by atoms with E-state index in [1.54, 1.807) is 26.2 Å². The summed E-state index contributed by atoms with van der Waals surface area (Å²) in [4.78, 5) is 13.8. The van der Waals surface area contributed by atoms with Gasteiger partial charge in [-0.15, -0.1) is 0 Å². The second kappa shape index (κ2) is 7.70. The molecule has 2 fully saturated rings. The molecular formula is C19H27FN2O3.